The number of hydrogen-bond donors (Lipinski definition) is 3. The first-order valence-electron chi connectivity index (χ1n) is 8.06. The Balaban J connectivity index is 1.50. The second kappa shape index (κ2) is 8.78. The van der Waals surface area contributed by atoms with Crippen LogP contribution in [0.5, 0.6) is 0 Å². The van der Waals surface area contributed by atoms with Gasteiger partial charge >= 0.3 is 6.03 Å². The second-order valence-electron chi connectivity index (χ2n) is 6.10. The average molecular weight is 299 g/mol. The number of piperidine rings is 1. The van der Waals surface area contributed by atoms with Crippen LogP contribution in [-0.2, 0) is 0 Å². The molecule has 2 atom stereocenters. The van der Waals surface area contributed by atoms with Crippen LogP contribution >= 0.6 is 11.8 Å². The highest BCUT2D eigenvalue weighted by Gasteiger charge is 2.24. The topological polar surface area (TPSA) is 53.2 Å². The molecule has 20 heavy (non-hydrogen) atoms. The monoisotopic (exact) mass is 299 g/mol. The lowest BCUT2D eigenvalue weighted by molar-refractivity contribution is 0.236. The summed E-state index contributed by atoms with van der Waals surface area (Å²) in [5, 5.41) is 10.2. The Morgan fingerprint density at radius 1 is 1.25 bits per heavy atom. The van der Waals surface area contributed by atoms with Crippen molar-refractivity contribution in [2.75, 3.05) is 25.9 Å². The van der Waals surface area contributed by atoms with Crippen molar-refractivity contribution in [1.82, 2.24) is 16.0 Å². The van der Waals surface area contributed by atoms with Crippen LogP contribution in [0.1, 0.15) is 44.9 Å². The van der Waals surface area contributed by atoms with Crippen molar-refractivity contribution in [2.24, 2.45) is 5.92 Å². The maximum absolute atomic E-state index is 11.8. The largest absolute Gasteiger partial charge is 0.338 e. The molecule has 0 aromatic heterocycles. The summed E-state index contributed by atoms with van der Waals surface area (Å²) < 4.78 is 0. The molecule has 2 fully saturated rings. The SMILES string of the molecule is CSC1CCC(NC(=O)NCCCC2CCNCC2)C1. The Kier molecular flexibility index (Phi) is 7.00. The number of hydrogen-bond acceptors (Lipinski definition) is 3. The fraction of sp³-hybridized carbons (Fsp3) is 0.933. The molecule has 2 rings (SSSR count). The van der Waals surface area contributed by atoms with Gasteiger partial charge in [0.1, 0.15) is 0 Å². The normalized spacial score (nSPS) is 27.4. The van der Waals surface area contributed by atoms with Gasteiger partial charge in [0.2, 0.25) is 0 Å². The summed E-state index contributed by atoms with van der Waals surface area (Å²) in [7, 11) is 0. The van der Waals surface area contributed by atoms with Crippen molar-refractivity contribution in [3.05, 3.63) is 0 Å². The van der Waals surface area contributed by atoms with E-state index in [0.717, 1.165) is 50.1 Å². The highest BCUT2D eigenvalue weighted by Crippen LogP contribution is 2.27. The minimum absolute atomic E-state index is 0.0297. The van der Waals surface area contributed by atoms with Crippen LogP contribution < -0.4 is 16.0 Å². The molecule has 1 heterocycles. The Hall–Kier alpha value is -0.420. The molecule has 0 radical (unpaired) electrons. The molecule has 0 aromatic rings. The van der Waals surface area contributed by atoms with Gasteiger partial charge in [-0.1, -0.05) is 0 Å². The molecular weight excluding hydrogens is 270 g/mol. The predicted molar refractivity (Wildman–Crippen MR) is 86.3 cm³/mol. The van der Waals surface area contributed by atoms with Crippen molar-refractivity contribution in [3.8, 4) is 0 Å². The zero-order chi connectivity index (χ0) is 14.2. The van der Waals surface area contributed by atoms with E-state index in [0.29, 0.717) is 6.04 Å². The molecule has 3 N–H and O–H groups in total. The van der Waals surface area contributed by atoms with Crippen molar-refractivity contribution in [3.63, 3.8) is 0 Å². The van der Waals surface area contributed by atoms with E-state index in [9.17, 15) is 4.79 Å². The summed E-state index contributed by atoms with van der Waals surface area (Å²) in [6.07, 6.45) is 10.6. The first-order valence-corrected chi connectivity index (χ1v) is 9.34. The van der Waals surface area contributed by atoms with E-state index in [4.69, 9.17) is 0 Å². The van der Waals surface area contributed by atoms with E-state index in [1.54, 1.807) is 0 Å². The molecular formula is C15H29N3OS. The maximum atomic E-state index is 11.8. The molecule has 0 aromatic carbocycles. The van der Waals surface area contributed by atoms with Crippen LogP contribution in [0, 0.1) is 5.92 Å². The summed E-state index contributed by atoms with van der Waals surface area (Å²) in [4.78, 5) is 11.8. The Labute approximate surface area is 127 Å². The van der Waals surface area contributed by atoms with Crippen LogP contribution in [0.15, 0.2) is 0 Å². The molecule has 4 nitrogen and oxygen atoms in total. The smallest absolute Gasteiger partial charge is 0.315 e. The van der Waals surface area contributed by atoms with Crippen molar-refractivity contribution in [1.29, 1.82) is 0 Å². The maximum Gasteiger partial charge on any atom is 0.315 e. The molecule has 2 amide bonds. The lowest BCUT2D eigenvalue weighted by Crippen LogP contribution is -2.41. The van der Waals surface area contributed by atoms with Crippen LogP contribution in [0.3, 0.4) is 0 Å². The highest BCUT2D eigenvalue weighted by molar-refractivity contribution is 7.99. The first-order chi connectivity index (χ1) is 9.78. The minimum Gasteiger partial charge on any atom is -0.338 e. The van der Waals surface area contributed by atoms with Crippen molar-refractivity contribution >= 4 is 17.8 Å². The number of rotatable bonds is 6. The Morgan fingerprint density at radius 3 is 2.75 bits per heavy atom. The van der Waals surface area contributed by atoms with Gasteiger partial charge in [-0.15, -0.1) is 0 Å². The van der Waals surface area contributed by atoms with Gasteiger partial charge < -0.3 is 16.0 Å². The van der Waals surface area contributed by atoms with Crippen molar-refractivity contribution < 1.29 is 4.79 Å². The van der Waals surface area contributed by atoms with Crippen LogP contribution in [0.2, 0.25) is 0 Å². The third-order valence-electron chi connectivity index (χ3n) is 4.59. The summed E-state index contributed by atoms with van der Waals surface area (Å²) >= 11 is 1.92. The number of carbonyl (C=O) groups is 1. The molecule has 2 unspecified atom stereocenters. The molecule has 1 aliphatic carbocycles. The molecule has 1 saturated carbocycles. The minimum atomic E-state index is 0.0297. The van der Waals surface area contributed by atoms with E-state index in [1.165, 1.54) is 25.7 Å². The van der Waals surface area contributed by atoms with Crippen LogP contribution in [0.25, 0.3) is 0 Å². The predicted octanol–water partition coefficient (Wildman–Crippen LogP) is 2.35. The van der Waals surface area contributed by atoms with Crippen LogP contribution in [-0.4, -0.2) is 43.2 Å². The molecule has 0 bridgehead atoms. The van der Waals surface area contributed by atoms with Gasteiger partial charge in [-0.3, -0.25) is 0 Å². The number of carbonyl (C=O) groups excluding carboxylic acids is 1. The molecule has 5 heteroatoms. The zero-order valence-corrected chi connectivity index (χ0v) is 13.4. The van der Waals surface area contributed by atoms with Gasteiger partial charge in [0.15, 0.2) is 0 Å². The lowest BCUT2D eigenvalue weighted by Gasteiger charge is -2.22. The van der Waals surface area contributed by atoms with Gasteiger partial charge in [-0.05, 0) is 70.2 Å². The van der Waals surface area contributed by atoms with Gasteiger partial charge in [-0.25, -0.2) is 4.79 Å². The Morgan fingerprint density at radius 2 is 2.05 bits per heavy atom. The molecule has 1 saturated heterocycles. The van der Waals surface area contributed by atoms with E-state index in [-0.39, 0.29) is 6.03 Å². The van der Waals surface area contributed by atoms with E-state index in [1.807, 2.05) is 11.8 Å². The molecule has 0 spiro atoms. The number of amides is 2. The molecule has 116 valence electrons. The fourth-order valence-corrected chi connectivity index (χ4v) is 4.08. The average Bonchev–Trinajstić information content (AvgIpc) is 2.92. The Bertz CT molecular complexity index is 295. The van der Waals surface area contributed by atoms with Crippen molar-refractivity contribution in [2.45, 2.75) is 56.2 Å². The second-order valence-corrected chi connectivity index (χ2v) is 7.24. The number of thioether (sulfide) groups is 1. The molecule has 1 aliphatic heterocycles. The van der Waals surface area contributed by atoms with Gasteiger partial charge in [0.05, 0.1) is 0 Å². The highest BCUT2D eigenvalue weighted by atomic mass is 32.2. The van der Waals surface area contributed by atoms with E-state index < -0.39 is 0 Å². The van der Waals surface area contributed by atoms with E-state index >= 15 is 0 Å². The van der Waals surface area contributed by atoms with Crippen LogP contribution in [0.4, 0.5) is 4.79 Å². The lowest BCUT2D eigenvalue weighted by atomic mass is 9.93. The van der Waals surface area contributed by atoms with Gasteiger partial charge in [0, 0.05) is 17.8 Å². The summed E-state index contributed by atoms with van der Waals surface area (Å²) in [5.41, 5.74) is 0. The number of urea groups is 1. The first kappa shape index (κ1) is 16.0. The molecule has 2 aliphatic rings. The third kappa shape index (κ3) is 5.52. The van der Waals surface area contributed by atoms with E-state index in [2.05, 4.69) is 22.2 Å². The summed E-state index contributed by atoms with van der Waals surface area (Å²) in [6.45, 7) is 3.14. The third-order valence-corrected chi connectivity index (χ3v) is 5.68. The fourth-order valence-electron chi connectivity index (χ4n) is 3.28. The van der Waals surface area contributed by atoms with Gasteiger partial charge in [-0.2, -0.15) is 11.8 Å². The standard InChI is InChI=1S/C15H29N3OS/c1-20-14-5-4-13(11-14)18-15(19)17-8-2-3-12-6-9-16-10-7-12/h12-14,16H,2-11H2,1H3,(H2,17,18,19). The summed E-state index contributed by atoms with van der Waals surface area (Å²) in [5.74, 6) is 0.860. The number of nitrogens with one attached hydrogen (secondary N) is 3. The zero-order valence-electron chi connectivity index (χ0n) is 12.6. The summed E-state index contributed by atoms with van der Waals surface area (Å²) in [6, 6.07) is 0.416. The van der Waals surface area contributed by atoms with Gasteiger partial charge in [0.25, 0.3) is 0 Å². The quantitative estimate of drug-likeness (QED) is 0.660.